The lowest BCUT2D eigenvalue weighted by atomic mass is 9.87. The molecule has 2 aromatic rings. The van der Waals surface area contributed by atoms with Gasteiger partial charge in [-0.3, -0.25) is 4.79 Å². The first-order valence-corrected chi connectivity index (χ1v) is 8.42. The number of nitrogens with zero attached hydrogens (tertiary/aromatic N) is 6. The number of rotatable bonds is 2. The third kappa shape index (κ3) is 3.30. The molecular formula is C17H20N6O2. The van der Waals surface area contributed by atoms with E-state index in [1.807, 2.05) is 11.0 Å². The van der Waals surface area contributed by atoms with E-state index >= 15 is 0 Å². The van der Waals surface area contributed by atoms with Gasteiger partial charge in [-0.25, -0.2) is 9.97 Å². The van der Waals surface area contributed by atoms with Crippen molar-refractivity contribution in [2.45, 2.75) is 6.42 Å². The highest BCUT2D eigenvalue weighted by atomic mass is 16.5. The highest BCUT2D eigenvalue weighted by Crippen LogP contribution is 2.35. The Morgan fingerprint density at radius 2 is 2.00 bits per heavy atom. The Bertz CT molecular complexity index is 728. The maximum atomic E-state index is 12.8. The zero-order valence-corrected chi connectivity index (χ0v) is 13.9. The van der Waals surface area contributed by atoms with Gasteiger partial charge < -0.3 is 14.5 Å². The zero-order chi connectivity index (χ0) is 17.1. The fourth-order valence-electron chi connectivity index (χ4n) is 3.57. The smallest absolute Gasteiger partial charge is 0.255 e. The molecule has 25 heavy (non-hydrogen) atoms. The van der Waals surface area contributed by atoms with Crippen molar-refractivity contribution in [2.75, 3.05) is 44.3 Å². The van der Waals surface area contributed by atoms with Crippen molar-refractivity contribution in [3.8, 4) is 0 Å². The van der Waals surface area contributed by atoms with Crippen LogP contribution in [0.1, 0.15) is 16.8 Å². The second kappa shape index (κ2) is 6.72. The number of amides is 1. The van der Waals surface area contributed by atoms with Crippen LogP contribution in [0.4, 0.5) is 5.95 Å². The van der Waals surface area contributed by atoms with Gasteiger partial charge in [0.05, 0.1) is 31.2 Å². The summed E-state index contributed by atoms with van der Waals surface area (Å²) in [5.41, 5.74) is 0.472. The van der Waals surface area contributed by atoms with Crippen molar-refractivity contribution in [3.05, 3.63) is 42.5 Å². The van der Waals surface area contributed by atoms with Crippen molar-refractivity contribution >= 4 is 11.9 Å². The van der Waals surface area contributed by atoms with Crippen molar-refractivity contribution in [1.29, 1.82) is 0 Å². The summed E-state index contributed by atoms with van der Waals surface area (Å²) in [5, 5.41) is 7.55. The van der Waals surface area contributed by atoms with Crippen LogP contribution in [0.2, 0.25) is 0 Å². The minimum Gasteiger partial charge on any atom is -0.379 e. The molecule has 2 aliphatic rings. The van der Waals surface area contributed by atoms with Gasteiger partial charge in [-0.1, -0.05) is 0 Å². The molecule has 8 nitrogen and oxygen atoms in total. The van der Waals surface area contributed by atoms with Crippen molar-refractivity contribution in [1.82, 2.24) is 25.1 Å². The minimum absolute atomic E-state index is 0.0193. The number of carbonyl (C=O) groups excluding carboxylic acids is 1. The molecule has 1 atom stereocenters. The predicted octanol–water partition coefficient (Wildman–Crippen LogP) is 0.636. The summed E-state index contributed by atoms with van der Waals surface area (Å²) >= 11 is 0. The molecule has 0 radical (unpaired) electrons. The molecule has 2 saturated heterocycles. The third-order valence-electron chi connectivity index (χ3n) is 4.83. The molecule has 0 saturated carbocycles. The summed E-state index contributed by atoms with van der Waals surface area (Å²) in [6.07, 6.45) is 7.51. The van der Waals surface area contributed by atoms with Crippen molar-refractivity contribution in [2.24, 2.45) is 5.41 Å². The van der Waals surface area contributed by atoms with E-state index in [2.05, 4.69) is 25.1 Å². The molecule has 0 aromatic carbocycles. The van der Waals surface area contributed by atoms with E-state index in [-0.39, 0.29) is 11.3 Å². The van der Waals surface area contributed by atoms with Crippen LogP contribution in [0.15, 0.2) is 36.9 Å². The third-order valence-corrected chi connectivity index (χ3v) is 4.83. The van der Waals surface area contributed by atoms with Crippen molar-refractivity contribution in [3.63, 3.8) is 0 Å². The first-order valence-electron chi connectivity index (χ1n) is 8.42. The van der Waals surface area contributed by atoms with E-state index in [4.69, 9.17) is 4.74 Å². The topological polar surface area (TPSA) is 84.3 Å². The fourth-order valence-corrected chi connectivity index (χ4v) is 3.57. The lowest BCUT2D eigenvalue weighted by molar-refractivity contribution is 0.0690. The molecule has 8 heteroatoms. The standard InChI is InChI=1S/C17H20N6O2/c24-15(14-2-6-20-21-10-14)22-8-9-25-13-17(11-22)3-7-23(12-17)16-18-4-1-5-19-16/h1-2,4-6,10H,3,7-9,11-13H2. The van der Waals surface area contributed by atoms with E-state index in [1.165, 1.54) is 6.20 Å². The first kappa shape index (κ1) is 15.9. The van der Waals surface area contributed by atoms with E-state index in [9.17, 15) is 4.79 Å². The van der Waals surface area contributed by atoms with Crippen LogP contribution in [-0.4, -0.2) is 70.4 Å². The highest BCUT2D eigenvalue weighted by Gasteiger charge is 2.43. The molecule has 0 bridgehead atoms. The summed E-state index contributed by atoms with van der Waals surface area (Å²) in [6, 6.07) is 3.51. The molecule has 2 aromatic heterocycles. The SMILES string of the molecule is O=C(c1ccnnc1)N1CCOCC2(CCN(c3ncccn3)C2)C1. The van der Waals surface area contributed by atoms with Gasteiger partial charge in [0.2, 0.25) is 5.95 Å². The van der Waals surface area contributed by atoms with Gasteiger partial charge in [-0.15, -0.1) is 0 Å². The average Bonchev–Trinajstić information content (AvgIpc) is 2.97. The summed E-state index contributed by atoms with van der Waals surface area (Å²) in [7, 11) is 0. The van der Waals surface area contributed by atoms with Crippen molar-refractivity contribution < 1.29 is 9.53 Å². The lowest BCUT2D eigenvalue weighted by Gasteiger charge is -2.31. The van der Waals surface area contributed by atoms with Gasteiger partial charge in [0.25, 0.3) is 5.91 Å². The number of carbonyl (C=O) groups is 1. The van der Waals surface area contributed by atoms with E-state index < -0.39 is 0 Å². The van der Waals surface area contributed by atoms with Gasteiger partial charge in [0, 0.05) is 44.0 Å². The molecule has 2 aliphatic heterocycles. The Kier molecular flexibility index (Phi) is 4.27. The Morgan fingerprint density at radius 1 is 1.12 bits per heavy atom. The lowest BCUT2D eigenvalue weighted by Crippen LogP contribution is -2.43. The minimum atomic E-state index is -0.0914. The molecule has 0 N–H and O–H groups in total. The normalized spacial score (nSPS) is 23.7. The summed E-state index contributed by atoms with van der Waals surface area (Å²) in [6.45, 7) is 4.10. The van der Waals surface area contributed by atoms with Gasteiger partial charge in [-0.05, 0) is 18.6 Å². The molecule has 1 spiro atoms. The first-order chi connectivity index (χ1) is 12.3. The van der Waals surface area contributed by atoms with Gasteiger partial charge in [0.1, 0.15) is 0 Å². The molecular weight excluding hydrogens is 320 g/mol. The Hall–Kier alpha value is -2.61. The highest BCUT2D eigenvalue weighted by molar-refractivity contribution is 5.93. The molecule has 4 heterocycles. The molecule has 4 rings (SSSR count). The second-order valence-corrected chi connectivity index (χ2v) is 6.63. The monoisotopic (exact) mass is 340 g/mol. The summed E-state index contributed by atoms with van der Waals surface area (Å²) in [4.78, 5) is 25.5. The maximum absolute atomic E-state index is 12.8. The fraction of sp³-hybridized carbons (Fsp3) is 0.471. The van der Waals surface area contributed by atoms with Gasteiger partial charge in [0.15, 0.2) is 0 Å². The number of aromatic nitrogens is 4. The van der Waals surface area contributed by atoms with Crippen LogP contribution in [0.25, 0.3) is 0 Å². The zero-order valence-electron chi connectivity index (χ0n) is 13.9. The number of hydrogen-bond acceptors (Lipinski definition) is 7. The molecule has 130 valence electrons. The Morgan fingerprint density at radius 3 is 2.80 bits per heavy atom. The largest absolute Gasteiger partial charge is 0.379 e. The van der Waals surface area contributed by atoms with Crippen LogP contribution in [-0.2, 0) is 4.74 Å². The Labute approximate surface area is 145 Å². The van der Waals surface area contributed by atoms with E-state index in [1.54, 1.807) is 24.7 Å². The predicted molar refractivity (Wildman–Crippen MR) is 90.0 cm³/mol. The average molecular weight is 340 g/mol. The van der Waals surface area contributed by atoms with Gasteiger partial charge >= 0.3 is 0 Å². The van der Waals surface area contributed by atoms with Crippen LogP contribution < -0.4 is 4.90 Å². The number of anilines is 1. The number of hydrogen-bond donors (Lipinski definition) is 0. The van der Waals surface area contributed by atoms with Crippen LogP contribution in [0.5, 0.6) is 0 Å². The van der Waals surface area contributed by atoms with Crippen LogP contribution >= 0.6 is 0 Å². The van der Waals surface area contributed by atoms with E-state index in [0.29, 0.717) is 31.9 Å². The molecule has 0 aliphatic carbocycles. The molecule has 1 amide bonds. The van der Waals surface area contributed by atoms with E-state index in [0.717, 1.165) is 25.5 Å². The Balaban J connectivity index is 1.51. The number of ether oxygens (including phenoxy) is 1. The summed E-state index contributed by atoms with van der Waals surface area (Å²) in [5.74, 6) is 0.717. The molecule has 2 fully saturated rings. The quantitative estimate of drug-likeness (QED) is 0.793. The second-order valence-electron chi connectivity index (χ2n) is 6.63. The van der Waals surface area contributed by atoms with Crippen LogP contribution in [0, 0.1) is 5.41 Å². The maximum Gasteiger partial charge on any atom is 0.255 e. The van der Waals surface area contributed by atoms with Gasteiger partial charge in [-0.2, -0.15) is 10.2 Å². The molecule has 1 unspecified atom stereocenters. The van der Waals surface area contributed by atoms with Crippen LogP contribution in [0.3, 0.4) is 0 Å². The summed E-state index contributed by atoms with van der Waals surface area (Å²) < 4.78 is 5.84.